The zero-order valence-corrected chi connectivity index (χ0v) is 10.0. The van der Waals surface area contributed by atoms with Crippen molar-refractivity contribution < 1.29 is 4.79 Å². The highest BCUT2D eigenvalue weighted by Gasteiger charge is 2.18. The first-order valence-electron chi connectivity index (χ1n) is 6.11. The fourth-order valence-electron chi connectivity index (χ4n) is 2.18. The molecule has 1 fully saturated rings. The number of carbonyl (C=O) groups excluding carboxylic acids is 1. The van der Waals surface area contributed by atoms with Crippen molar-refractivity contribution in [1.82, 2.24) is 20.1 Å². The van der Waals surface area contributed by atoms with Crippen LogP contribution in [0.4, 0.5) is 0 Å². The lowest BCUT2D eigenvalue weighted by Crippen LogP contribution is -2.35. The van der Waals surface area contributed by atoms with E-state index >= 15 is 0 Å². The van der Waals surface area contributed by atoms with Gasteiger partial charge < -0.3 is 5.32 Å². The zero-order chi connectivity index (χ0) is 12.3. The minimum atomic E-state index is -0.365. The van der Waals surface area contributed by atoms with Crippen LogP contribution in [0.15, 0.2) is 4.79 Å². The van der Waals surface area contributed by atoms with Gasteiger partial charge >= 0.3 is 5.69 Å². The highest BCUT2D eigenvalue weighted by atomic mass is 16.2. The lowest BCUT2D eigenvalue weighted by atomic mass is 10.1. The number of rotatable bonds is 2. The van der Waals surface area contributed by atoms with Crippen LogP contribution in [-0.4, -0.2) is 26.7 Å². The van der Waals surface area contributed by atoms with Crippen LogP contribution in [0.1, 0.15) is 49.1 Å². The van der Waals surface area contributed by atoms with Crippen molar-refractivity contribution in [3.63, 3.8) is 0 Å². The van der Waals surface area contributed by atoms with Crippen molar-refractivity contribution in [2.75, 3.05) is 0 Å². The van der Waals surface area contributed by atoms with Crippen molar-refractivity contribution in [3.05, 3.63) is 16.3 Å². The summed E-state index contributed by atoms with van der Waals surface area (Å²) in [4.78, 5) is 25.4. The molecule has 0 bridgehead atoms. The molecular formula is C11H18N4O2. The van der Waals surface area contributed by atoms with Gasteiger partial charge in [0.1, 0.15) is 0 Å². The smallest absolute Gasteiger partial charge is 0.343 e. The topological polar surface area (TPSA) is 79.8 Å². The molecule has 0 radical (unpaired) electrons. The highest BCUT2D eigenvalue weighted by molar-refractivity contribution is 5.90. The second-order valence-electron chi connectivity index (χ2n) is 4.56. The van der Waals surface area contributed by atoms with E-state index in [1.54, 1.807) is 0 Å². The largest absolute Gasteiger partial charge is 0.347 e. The molecule has 17 heavy (non-hydrogen) atoms. The minimum absolute atomic E-state index is 0.0988. The number of hydrogen-bond donors (Lipinski definition) is 2. The Labute approximate surface area is 99.4 Å². The summed E-state index contributed by atoms with van der Waals surface area (Å²) in [6, 6.07) is 0.218. The maximum absolute atomic E-state index is 11.8. The van der Waals surface area contributed by atoms with Gasteiger partial charge in [0.2, 0.25) is 5.82 Å². The van der Waals surface area contributed by atoms with E-state index in [4.69, 9.17) is 0 Å². The van der Waals surface area contributed by atoms with E-state index < -0.39 is 0 Å². The summed E-state index contributed by atoms with van der Waals surface area (Å²) in [5.41, 5.74) is -0.365. The Bertz CT molecular complexity index is 441. The maximum Gasteiger partial charge on any atom is 0.343 e. The Kier molecular flexibility index (Phi) is 3.61. The third kappa shape index (κ3) is 2.95. The fourth-order valence-corrected chi connectivity index (χ4v) is 2.18. The molecule has 0 saturated heterocycles. The molecule has 1 aromatic heterocycles. The molecule has 6 nitrogen and oxygen atoms in total. The molecule has 1 aliphatic carbocycles. The molecule has 0 aliphatic heterocycles. The van der Waals surface area contributed by atoms with Gasteiger partial charge in [0.15, 0.2) is 0 Å². The Balaban J connectivity index is 1.98. The van der Waals surface area contributed by atoms with Gasteiger partial charge in [-0.1, -0.05) is 25.7 Å². The predicted octanol–water partition coefficient (Wildman–Crippen LogP) is 0.561. The Morgan fingerprint density at radius 3 is 2.53 bits per heavy atom. The third-order valence-electron chi connectivity index (χ3n) is 3.17. The number of nitrogens with zero attached hydrogens (tertiary/aromatic N) is 2. The molecule has 1 saturated carbocycles. The quantitative estimate of drug-likeness (QED) is 0.739. The summed E-state index contributed by atoms with van der Waals surface area (Å²) >= 11 is 0. The molecule has 0 atom stereocenters. The normalized spacial score (nSPS) is 17.7. The lowest BCUT2D eigenvalue weighted by molar-refractivity contribution is 0.0922. The SMILES string of the molecule is Cn1nc(C(=O)NC2CCCCCC2)[nH]c1=O. The molecule has 1 amide bonds. The number of aromatic nitrogens is 3. The number of H-pyrrole nitrogens is 1. The summed E-state index contributed by atoms with van der Waals surface area (Å²) in [6.45, 7) is 0. The molecule has 2 N–H and O–H groups in total. The zero-order valence-electron chi connectivity index (χ0n) is 10.0. The summed E-state index contributed by atoms with van der Waals surface area (Å²) in [5.74, 6) is -0.184. The average molecular weight is 238 g/mol. The van der Waals surface area contributed by atoms with E-state index in [1.807, 2.05) is 0 Å². The van der Waals surface area contributed by atoms with Crippen LogP contribution in [0, 0.1) is 0 Å². The molecule has 1 aromatic rings. The molecular weight excluding hydrogens is 220 g/mol. The standard InChI is InChI=1S/C11H18N4O2/c1-15-11(17)13-9(14-15)10(16)12-8-6-4-2-3-5-7-8/h8H,2-7H2,1H3,(H,12,16)(H,13,14,17). The van der Waals surface area contributed by atoms with Gasteiger partial charge in [-0.05, 0) is 12.8 Å². The summed E-state index contributed by atoms with van der Waals surface area (Å²) < 4.78 is 1.13. The van der Waals surface area contributed by atoms with E-state index in [0.717, 1.165) is 30.4 Å². The van der Waals surface area contributed by atoms with Gasteiger partial charge in [-0.15, -0.1) is 5.10 Å². The van der Waals surface area contributed by atoms with Crippen LogP contribution < -0.4 is 11.0 Å². The second-order valence-corrected chi connectivity index (χ2v) is 4.56. The molecule has 2 rings (SSSR count). The van der Waals surface area contributed by atoms with Gasteiger partial charge in [-0.3, -0.25) is 9.78 Å². The van der Waals surface area contributed by atoms with Gasteiger partial charge in [0, 0.05) is 13.1 Å². The average Bonchev–Trinajstić information content (AvgIpc) is 2.54. The first-order valence-corrected chi connectivity index (χ1v) is 6.11. The fraction of sp³-hybridized carbons (Fsp3) is 0.727. The minimum Gasteiger partial charge on any atom is -0.347 e. The van der Waals surface area contributed by atoms with E-state index in [-0.39, 0.29) is 23.5 Å². The lowest BCUT2D eigenvalue weighted by Gasteiger charge is -2.14. The Hall–Kier alpha value is -1.59. The number of carbonyl (C=O) groups is 1. The van der Waals surface area contributed by atoms with Crippen molar-refractivity contribution >= 4 is 5.91 Å². The molecule has 0 unspecified atom stereocenters. The maximum atomic E-state index is 11.8. The molecule has 0 spiro atoms. The molecule has 94 valence electrons. The van der Waals surface area contributed by atoms with Crippen molar-refractivity contribution in [1.29, 1.82) is 0 Å². The van der Waals surface area contributed by atoms with E-state index in [1.165, 1.54) is 19.9 Å². The van der Waals surface area contributed by atoms with Gasteiger partial charge in [-0.2, -0.15) is 0 Å². The molecule has 1 heterocycles. The number of amides is 1. The number of hydrogen-bond acceptors (Lipinski definition) is 3. The van der Waals surface area contributed by atoms with Gasteiger partial charge in [-0.25, -0.2) is 9.48 Å². The van der Waals surface area contributed by atoms with Crippen LogP contribution in [0.3, 0.4) is 0 Å². The van der Waals surface area contributed by atoms with Gasteiger partial charge in [0.05, 0.1) is 0 Å². The second kappa shape index (κ2) is 5.16. The van der Waals surface area contributed by atoms with Crippen LogP contribution in [0.2, 0.25) is 0 Å². The molecule has 1 aliphatic rings. The van der Waals surface area contributed by atoms with Crippen molar-refractivity contribution in [2.45, 2.75) is 44.6 Å². The molecule has 0 aromatic carbocycles. The van der Waals surface area contributed by atoms with Crippen LogP contribution in [0.5, 0.6) is 0 Å². The highest BCUT2D eigenvalue weighted by Crippen LogP contribution is 2.17. The van der Waals surface area contributed by atoms with E-state index in [0.29, 0.717) is 0 Å². The molecule has 6 heteroatoms. The van der Waals surface area contributed by atoms with Crippen molar-refractivity contribution in [3.8, 4) is 0 Å². The monoisotopic (exact) mass is 238 g/mol. The van der Waals surface area contributed by atoms with E-state index in [9.17, 15) is 9.59 Å². The number of aryl methyl sites for hydroxylation is 1. The summed E-state index contributed by atoms with van der Waals surface area (Å²) in [7, 11) is 1.52. The number of nitrogens with one attached hydrogen (secondary N) is 2. The summed E-state index contributed by atoms with van der Waals surface area (Å²) in [5, 5.41) is 6.77. The van der Waals surface area contributed by atoms with Crippen LogP contribution >= 0.6 is 0 Å². The van der Waals surface area contributed by atoms with Gasteiger partial charge in [0.25, 0.3) is 5.91 Å². The first kappa shape index (κ1) is 11.9. The van der Waals surface area contributed by atoms with Crippen molar-refractivity contribution in [2.24, 2.45) is 7.05 Å². The number of aromatic amines is 1. The Morgan fingerprint density at radius 2 is 2.00 bits per heavy atom. The van der Waals surface area contributed by atoms with Crippen LogP contribution in [0.25, 0.3) is 0 Å². The Morgan fingerprint density at radius 1 is 1.35 bits per heavy atom. The van der Waals surface area contributed by atoms with E-state index in [2.05, 4.69) is 15.4 Å². The first-order chi connectivity index (χ1) is 8.16. The predicted molar refractivity (Wildman–Crippen MR) is 62.8 cm³/mol. The summed E-state index contributed by atoms with van der Waals surface area (Å²) in [6.07, 6.45) is 6.83. The van der Waals surface area contributed by atoms with Crippen LogP contribution in [-0.2, 0) is 7.05 Å². The third-order valence-corrected chi connectivity index (χ3v) is 3.17.